The van der Waals surface area contributed by atoms with Gasteiger partial charge in [-0.3, -0.25) is 0 Å². The zero-order chi connectivity index (χ0) is 20.9. The number of nitrogens with one attached hydrogen (secondary N) is 1. The van der Waals surface area contributed by atoms with Crippen LogP contribution in [0.3, 0.4) is 0 Å². The SMILES string of the molecule is CCC1(C)CC(CCNCc2ccc(N(C)C)cc2)(c2ccc(C)cc2)CCO1. The lowest BCUT2D eigenvalue weighted by Gasteiger charge is -2.47. The zero-order valence-corrected chi connectivity index (χ0v) is 18.9. The molecular formula is C26H38N2O. The van der Waals surface area contributed by atoms with Crippen LogP contribution in [0.5, 0.6) is 0 Å². The Labute approximate surface area is 177 Å². The number of anilines is 1. The molecule has 1 N–H and O–H groups in total. The highest BCUT2D eigenvalue weighted by molar-refractivity contribution is 5.46. The Hall–Kier alpha value is -1.84. The van der Waals surface area contributed by atoms with Gasteiger partial charge in [0.1, 0.15) is 0 Å². The number of rotatable bonds is 8. The van der Waals surface area contributed by atoms with Crippen LogP contribution in [0.25, 0.3) is 0 Å². The molecule has 3 rings (SSSR count). The summed E-state index contributed by atoms with van der Waals surface area (Å²) in [7, 11) is 4.16. The highest BCUT2D eigenvalue weighted by Gasteiger charge is 2.43. The van der Waals surface area contributed by atoms with E-state index in [1.54, 1.807) is 0 Å². The molecular weight excluding hydrogens is 356 g/mol. The molecule has 1 saturated heterocycles. The van der Waals surface area contributed by atoms with Crippen molar-refractivity contribution in [1.29, 1.82) is 0 Å². The van der Waals surface area contributed by atoms with Gasteiger partial charge in [0.2, 0.25) is 0 Å². The van der Waals surface area contributed by atoms with Gasteiger partial charge < -0.3 is 15.0 Å². The standard InChI is InChI=1S/C26H38N2O/c1-6-25(3)20-26(16-18-29-25,23-11-7-21(2)8-12-23)15-17-27-19-22-9-13-24(14-10-22)28(4)5/h7-14,27H,6,15-20H2,1-5H3. The first-order valence-corrected chi connectivity index (χ1v) is 11.0. The molecule has 0 aromatic heterocycles. The Balaban J connectivity index is 1.66. The average molecular weight is 395 g/mol. The maximum Gasteiger partial charge on any atom is 0.0660 e. The second-order valence-electron chi connectivity index (χ2n) is 9.21. The van der Waals surface area contributed by atoms with Gasteiger partial charge >= 0.3 is 0 Å². The minimum atomic E-state index is -0.0227. The minimum absolute atomic E-state index is 0.0227. The molecule has 3 heteroatoms. The second-order valence-corrected chi connectivity index (χ2v) is 9.21. The van der Waals surface area contributed by atoms with E-state index < -0.39 is 0 Å². The summed E-state index contributed by atoms with van der Waals surface area (Å²) in [6.45, 7) is 9.49. The maximum atomic E-state index is 6.20. The van der Waals surface area contributed by atoms with Crippen LogP contribution in [0, 0.1) is 6.92 Å². The first-order chi connectivity index (χ1) is 13.9. The van der Waals surface area contributed by atoms with E-state index in [1.807, 2.05) is 0 Å². The van der Waals surface area contributed by atoms with Crippen LogP contribution >= 0.6 is 0 Å². The highest BCUT2D eigenvalue weighted by atomic mass is 16.5. The van der Waals surface area contributed by atoms with Gasteiger partial charge in [-0.1, -0.05) is 48.9 Å². The van der Waals surface area contributed by atoms with Gasteiger partial charge in [0.15, 0.2) is 0 Å². The van der Waals surface area contributed by atoms with E-state index in [0.29, 0.717) is 0 Å². The van der Waals surface area contributed by atoms with Crippen molar-refractivity contribution < 1.29 is 4.74 Å². The Morgan fingerprint density at radius 2 is 1.72 bits per heavy atom. The number of benzene rings is 2. The van der Waals surface area contributed by atoms with E-state index in [0.717, 1.165) is 45.4 Å². The Kier molecular flexibility index (Phi) is 7.02. The smallest absolute Gasteiger partial charge is 0.0660 e. The van der Waals surface area contributed by atoms with E-state index in [9.17, 15) is 0 Å². The van der Waals surface area contributed by atoms with Crippen LogP contribution in [0.15, 0.2) is 48.5 Å². The van der Waals surface area contributed by atoms with Crippen molar-refractivity contribution in [1.82, 2.24) is 5.32 Å². The van der Waals surface area contributed by atoms with Crippen molar-refractivity contribution in [2.75, 3.05) is 32.1 Å². The lowest BCUT2D eigenvalue weighted by Crippen LogP contribution is -2.46. The van der Waals surface area contributed by atoms with Crippen LogP contribution in [0.1, 0.15) is 56.2 Å². The molecule has 0 saturated carbocycles. The van der Waals surface area contributed by atoms with Crippen molar-refractivity contribution in [2.45, 2.75) is 64.0 Å². The van der Waals surface area contributed by atoms with E-state index in [-0.39, 0.29) is 11.0 Å². The number of ether oxygens (including phenoxy) is 1. The third-order valence-electron chi connectivity index (χ3n) is 6.72. The molecule has 2 aromatic carbocycles. The summed E-state index contributed by atoms with van der Waals surface area (Å²) in [5.74, 6) is 0. The Bertz CT molecular complexity index is 768. The van der Waals surface area contributed by atoms with E-state index in [4.69, 9.17) is 4.74 Å². The molecule has 0 radical (unpaired) electrons. The van der Waals surface area contributed by atoms with Gasteiger partial charge in [-0.2, -0.15) is 0 Å². The van der Waals surface area contributed by atoms with Crippen LogP contribution in [0.2, 0.25) is 0 Å². The quantitative estimate of drug-likeness (QED) is 0.602. The predicted octanol–water partition coefficient (Wildman–Crippen LogP) is 5.46. The van der Waals surface area contributed by atoms with Crippen LogP contribution in [0.4, 0.5) is 5.69 Å². The third kappa shape index (κ3) is 5.40. The molecule has 29 heavy (non-hydrogen) atoms. The number of hydrogen-bond acceptors (Lipinski definition) is 3. The fourth-order valence-electron chi connectivity index (χ4n) is 4.56. The molecule has 2 aromatic rings. The monoisotopic (exact) mass is 394 g/mol. The van der Waals surface area contributed by atoms with Gasteiger partial charge in [-0.25, -0.2) is 0 Å². The number of nitrogens with zero attached hydrogens (tertiary/aromatic N) is 1. The van der Waals surface area contributed by atoms with E-state index in [2.05, 4.69) is 93.6 Å². The summed E-state index contributed by atoms with van der Waals surface area (Å²) in [4.78, 5) is 2.14. The molecule has 0 aliphatic carbocycles. The lowest BCUT2D eigenvalue weighted by molar-refractivity contribution is -0.0979. The van der Waals surface area contributed by atoms with Gasteiger partial charge in [0, 0.05) is 38.3 Å². The number of aryl methyl sites for hydroxylation is 1. The number of hydrogen-bond donors (Lipinski definition) is 1. The summed E-state index contributed by atoms with van der Waals surface area (Å²) in [5.41, 5.74) is 5.55. The normalized spacial score (nSPS) is 24.4. The molecule has 0 bridgehead atoms. The minimum Gasteiger partial charge on any atom is -0.378 e. The van der Waals surface area contributed by atoms with Gasteiger partial charge in [-0.15, -0.1) is 0 Å². The summed E-state index contributed by atoms with van der Waals surface area (Å²) in [6, 6.07) is 18.0. The Morgan fingerprint density at radius 3 is 2.34 bits per heavy atom. The molecule has 2 unspecified atom stereocenters. The first-order valence-electron chi connectivity index (χ1n) is 11.0. The fourth-order valence-corrected chi connectivity index (χ4v) is 4.56. The second kappa shape index (κ2) is 9.32. The van der Waals surface area contributed by atoms with Crippen molar-refractivity contribution in [3.63, 3.8) is 0 Å². The molecule has 1 aliphatic rings. The van der Waals surface area contributed by atoms with E-state index >= 15 is 0 Å². The molecule has 0 spiro atoms. The van der Waals surface area contributed by atoms with Crippen LogP contribution in [-0.2, 0) is 16.7 Å². The van der Waals surface area contributed by atoms with Gasteiger partial charge in [0.25, 0.3) is 0 Å². The molecule has 158 valence electrons. The Morgan fingerprint density at radius 1 is 1.03 bits per heavy atom. The third-order valence-corrected chi connectivity index (χ3v) is 6.72. The average Bonchev–Trinajstić information content (AvgIpc) is 2.72. The van der Waals surface area contributed by atoms with Gasteiger partial charge in [-0.05, 0) is 69.3 Å². The largest absolute Gasteiger partial charge is 0.378 e. The van der Waals surface area contributed by atoms with Gasteiger partial charge in [0.05, 0.1) is 5.60 Å². The summed E-state index contributed by atoms with van der Waals surface area (Å²) in [6.07, 6.45) is 4.40. The summed E-state index contributed by atoms with van der Waals surface area (Å²) >= 11 is 0. The maximum absolute atomic E-state index is 6.20. The molecule has 1 fully saturated rings. The molecule has 3 nitrogen and oxygen atoms in total. The highest BCUT2D eigenvalue weighted by Crippen LogP contribution is 2.45. The van der Waals surface area contributed by atoms with Crippen molar-refractivity contribution in [2.24, 2.45) is 0 Å². The molecule has 1 heterocycles. The van der Waals surface area contributed by atoms with Crippen molar-refractivity contribution in [3.8, 4) is 0 Å². The van der Waals surface area contributed by atoms with Crippen LogP contribution in [-0.4, -0.2) is 32.8 Å². The lowest BCUT2D eigenvalue weighted by atomic mass is 9.66. The van der Waals surface area contributed by atoms with Crippen molar-refractivity contribution in [3.05, 3.63) is 65.2 Å². The zero-order valence-electron chi connectivity index (χ0n) is 18.9. The first kappa shape index (κ1) is 21.9. The van der Waals surface area contributed by atoms with Crippen molar-refractivity contribution >= 4 is 5.69 Å². The summed E-state index contributed by atoms with van der Waals surface area (Å²) in [5, 5.41) is 3.69. The molecule has 0 amide bonds. The van der Waals surface area contributed by atoms with E-state index in [1.165, 1.54) is 22.4 Å². The molecule has 1 aliphatic heterocycles. The fraction of sp³-hybridized carbons (Fsp3) is 0.538. The topological polar surface area (TPSA) is 24.5 Å². The predicted molar refractivity (Wildman–Crippen MR) is 124 cm³/mol. The summed E-state index contributed by atoms with van der Waals surface area (Å²) < 4.78 is 6.20. The molecule has 2 atom stereocenters. The van der Waals surface area contributed by atoms with Crippen LogP contribution < -0.4 is 10.2 Å².